The molecular weight excluding hydrogens is 450 g/mol. The molecule has 34 heavy (non-hydrogen) atoms. The Bertz CT molecular complexity index is 1400. The van der Waals surface area contributed by atoms with Crippen molar-refractivity contribution in [2.24, 2.45) is 0 Å². The average molecular weight is 476 g/mol. The summed E-state index contributed by atoms with van der Waals surface area (Å²) in [5.41, 5.74) is 3.81. The number of amides is 1. The molecule has 0 radical (unpaired) electrons. The van der Waals surface area contributed by atoms with Gasteiger partial charge in [-0.3, -0.25) is 4.79 Å². The zero-order valence-electron chi connectivity index (χ0n) is 18.7. The minimum absolute atomic E-state index is 0.164. The quantitative estimate of drug-likeness (QED) is 0.608. The molecule has 0 aromatic heterocycles. The van der Waals surface area contributed by atoms with Crippen molar-refractivity contribution in [3.05, 3.63) is 77.4 Å². The number of carbonyl (C=O) groups excluding carboxylic acids is 1. The maximum absolute atomic E-state index is 13.8. The van der Waals surface area contributed by atoms with Crippen LogP contribution in [0, 0.1) is 0 Å². The third-order valence-corrected chi connectivity index (χ3v) is 8.74. The number of ether oxygens (including phenoxy) is 1. The fraction of sp³-hybridized carbons (Fsp3) is 0.269. The number of nitrogens with one attached hydrogen (secondary N) is 1. The fourth-order valence-electron chi connectivity index (χ4n) is 5.00. The lowest BCUT2D eigenvalue weighted by Gasteiger charge is -2.33. The van der Waals surface area contributed by atoms with Crippen LogP contribution in [0.25, 0.3) is 0 Å². The third kappa shape index (κ3) is 3.54. The number of carbonyl (C=O) groups is 1. The molecule has 7 nitrogen and oxygen atoms in total. The van der Waals surface area contributed by atoms with Crippen molar-refractivity contribution in [1.82, 2.24) is 4.31 Å². The van der Waals surface area contributed by atoms with E-state index in [1.165, 1.54) is 21.5 Å². The van der Waals surface area contributed by atoms with Crippen molar-refractivity contribution in [3.8, 4) is 11.5 Å². The smallest absolute Gasteiger partial charge is 0.259 e. The number of benzene rings is 3. The first-order valence-electron chi connectivity index (χ1n) is 11.6. The normalized spacial score (nSPS) is 17.8. The lowest BCUT2D eigenvalue weighted by atomic mass is 9.99. The molecule has 3 aromatic rings. The number of hydrogen-bond acceptors (Lipinski definition) is 5. The maximum Gasteiger partial charge on any atom is 0.259 e. The van der Waals surface area contributed by atoms with Crippen molar-refractivity contribution in [2.45, 2.75) is 30.7 Å². The highest BCUT2D eigenvalue weighted by Gasteiger charge is 2.34. The molecule has 0 saturated carbocycles. The topological polar surface area (TPSA) is 79.0 Å². The lowest BCUT2D eigenvalue weighted by Crippen LogP contribution is -2.34. The van der Waals surface area contributed by atoms with Crippen molar-refractivity contribution in [2.75, 3.05) is 29.9 Å². The summed E-state index contributed by atoms with van der Waals surface area (Å²) in [5.74, 6) is 0.504. The van der Waals surface area contributed by atoms with E-state index in [1.807, 2.05) is 24.3 Å². The van der Waals surface area contributed by atoms with Gasteiger partial charge in [-0.25, -0.2) is 8.42 Å². The van der Waals surface area contributed by atoms with Crippen LogP contribution in [-0.4, -0.2) is 38.3 Å². The predicted molar refractivity (Wildman–Crippen MR) is 130 cm³/mol. The van der Waals surface area contributed by atoms with Gasteiger partial charge in [0.2, 0.25) is 10.0 Å². The van der Waals surface area contributed by atoms with Gasteiger partial charge in [0.15, 0.2) is 5.75 Å². The minimum Gasteiger partial charge on any atom is -0.454 e. The standard InChI is InChI=1S/C26H25N3O4S/c30-26-20-15-25(34(31,32)29-12-5-6-13-29)22(28-14-11-18-7-1-2-8-19(18)17-28)16-24(20)33-23-10-4-3-9-21(23)27-26/h1-4,7-10,15-16H,5-6,11-14,17H2,(H,27,30). The van der Waals surface area contributed by atoms with Crippen LogP contribution >= 0.6 is 0 Å². The van der Waals surface area contributed by atoms with Crippen LogP contribution in [0.4, 0.5) is 11.4 Å². The molecule has 174 valence electrons. The van der Waals surface area contributed by atoms with Gasteiger partial charge in [-0.1, -0.05) is 36.4 Å². The van der Waals surface area contributed by atoms with Gasteiger partial charge in [0.1, 0.15) is 10.6 Å². The van der Waals surface area contributed by atoms with Gasteiger partial charge in [-0.2, -0.15) is 4.31 Å². The monoisotopic (exact) mass is 475 g/mol. The Hall–Kier alpha value is -3.36. The molecule has 1 amide bonds. The van der Waals surface area contributed by atoms with Crippen molar-refractivity contribution < 1.29 is 17.9 Å². The Morgan fingerprint density at radius 1 is 0.853 bits per heavy atom. The van der Waals surface area contributed by atoms with Gasteiger partial charge in [0.05, 0.1) is 16.9 Å². The summed E-state index contributed by atoms with van der Waals surface area (Å²) in [5, 5.41) is 2.85. The zero-order chi connectivity index (χ0) is 23.3. The number of fused-ring (bicyclic) bond motifs is 3. The Balaban J connectivity index is 1.51. The molecule has 3 heterocycles. The molecule has 1 saturated heterocycles. The first kappa shape index (κ1) is 21.2. The van der Waals surface area contributed by atoms with Gasteiger partial charge in [0.25, 0.3) is 5.91 Å². The Kier molecular flexibility index (Phi) is 5.08. The van der Waals surface area contributed by atoms with Crippen molar-refractivity contribution >= 4 is 27.3 Å². The molecule has 0 bridgehead atoms. The van der Waals surface area contributed by atoms with E-state index in [2.05, 4.69) is 22.3 Å². The number of nitrogens with zero attached hydrogens (tertiary/aromatic N) is 2. The summed E-state index contributed by atoms with van der Waals surface area (Å²) < 4.78 is 35.2. The highest BCUT2D eigenvalue weighted by Crippen LogP contribution is 2.42. The average Bonchev–Trinajstić information content (AvgIpc) is 3.36. The van der Waals surface area contributed by atoms with Gasteiger partial charge in [0, 0.05) is 32.2 Å². The van der Waals surface area contributed by atoms with Crippen LogP contribution in [0.5, 0.6) is 11.5 Å². The summed E-state index contributed by atoms with van der Waals surface area (Å²) in [6.45, 7) is 2.27. The zero-order valence-corrected chi connectivity index (χ0v) is 19.5. The van der Waals surface area contributed by atoms with E-state index >= 15 is 0 Å². The lowest BCUT2D eigenvalue weighted by molar-refractivity contribution is 0.102. The molecule has 3 aromatic carbocycles. The minimum atomic E-state index is -3.78. The van der Waals surface area contributed by atoms with Crippen LogP contribution in [0.3, 0.4) is 0 Å². The van der Waals surface area contributed by atoms with Gasteiger partial charge in [-0.15, -0.1) is 0 Å². The Labute approximate surface area is 199 Å². The van der Waals surface area contributed by atoms with Crippen LogP contribution in [0.2, 0.25) is 0 Å². The molecule has 3 aliphatic heterocycles. The van der Waals surface area contributed by atoms with Gasteiger partial charge in [-0.05, 0) is 48.6 Å². The number of anilines is 2. The molecule has 8 heteroatoms. The molecule has 0 atom stereocenters. The highest BCUT2D eigenvalue weighted by atomic mass is 32.2. The molecule has 1 fully saturated rings. The van der Waals surface area contributed by atoms with Gasteiger partial charge >= 0.3 is 0 Å². The molecule has 3 aliphatic rings. The molecule has 1 N–H and O–H groups in total. The summed E-state index contributed by atoms with van der Waals surface area (Å²) in [4.78, 5) is 15.4. The van der Waals surface area contributed by atoms with E-state index < -0.39 is 10.0 Å². The second-order valence-electron chi connectivity index (χ2n) is 8.92. The highest BCUT2D eigenvalue weighted by molar-refractivity contribution is 7.89. The van der Waals surface area contributed by atoms with E-state index in [1.54, 1.807) is 18.2 Å². The number of sulfonamides is 1. The van der Waals surface area contributed by atoms with E-state index in [0.29, 0.717) is 49.1 Å². The molecule has 0 aliphatic carbocycles. The van der Waals surface area contributed by atoms with Crippen molar-refractivity contribution in [1.29, 1.82) is 0 Å². The van der Waals surface area contributed by atoms with E-state index in [0.717, 1.165) is 19.3 Å². The van der Waals surface area contributed by atoms with E-state index in [-0.39, 0.29) is 16.4 Å². The largest absolute Gasteiger partial charge is 0.454 e. The SMILES string of the molecule is O=C1Nc2ccccc2Oc2cc(N3CCc4ccccc4C3)c(S(=O)(=O)N3CCCC3)cc21. The first-order chi connectivity index (χ1) is 16.5. The Morgan fingerprint density at radius 2 is 1.59 bits per heavy atom. The van der Waals surface area contributed by atoms with Crippen LogP contribution in [0.15, 0.2) is 65.6 Å². The number of hydrogen-bond donors (Lipinski definition) is 1. The second kappa shape index (κ2) is 8.14. The summed E-state index contributed by atoms with van der Waals surface area (Å²) in [7, 11) is -3.78. The second-order valence-corrected chi connectivity index (χ2v) is 10.8. The van der Waals surface area contributed by atoms with E-state index in [9.17, 15) is 13.2 Å². The fourth-order valence-corrected chi connectivity index (χ4v) is 6.74. The van der Waals surface area contributed by atoms with Crippen LogP contribution in [-0.2, 0) is 23.0 Å². The van der Waals surface area contributed by atoms with Crippen LogP contribution in [0.1, 0.15) is 34.3 Å². The molecule has 0 spiro atoms. The number of rotatable bonds is 3. The first-order valence-corrected chi connectivity index (χ1v) is 13.0. The number of para-hydroxylation sites is 2. The third-order valence-electron chi connectivity index (χ3n) is 6.82. The Morgan fingerprint density at radius 3 is 2.41 bits per heavy atom. The molecule has 0 unspecified atom stereocenters. The van der Waals surface area contributed by atoms with Crippen LogP contribution < -0.4 is 15.0 Å². The van der Waals surface area contributed by atoms with Gasteiger partial charge < -0.3 is 15.0 Å². The summed E-state index contributed by atoms with van der Waals surface area (Å²) in [6, 6.07) is 18.7. The molecular formula is C26H25N3O4S. The maximum atomic E-state index is 13.8. The predicted octanol–water partition coefficient (Wildman–Crippen LogP) is 4.39. The summed E-state index contributed by atoms with van der Waals surface area (Å²) in [6.07, 6.45) is 2.51. The summed E-state index contributed by atoms with van der Waals surface area (Å²) >= 11 is 0. The molecule has 6 rings (SSSR count). The van der Waals surface area contributed by atoms with E-state index in [4.69, 9.17) is 4.74 Å². The van der Waals surface area contributed by atoms with Crippen molar-refractivity contribution in [3.63, 3.8) is 0 Å².